The van der Waals surface area contributed by atoms with Crippen LogP contribution in [0.15, 0.2) is 61.8 Å². The summed E-state index contributed by atoms with van der Waals surface area (Å²) < 4.78 is 0. The van der Waals surface area contributed by atoms with E-state index in [0.717, 1.165) is 22.4 Å². The number of rotatable bonds is 6. The summed E-state index contributed by atoms with van der Waals surface area (Å²) in [5, 5.41) is 0. The number of carbonyl (C=O) groups excluding carboxylic acids is 1. The molecule has 0 atom stereocenters. The lowest BCUT2D eigenvalue weighted by Crippen LogP contribution is -2.02. The Morgan fingerprint density at radius 2 is 1.89 bits per heavy atom. The molecular formula is C17H17NO. The predicted octanol–water partition coefficient (Wildman–Crippen LogP) is 4.17. The van der Waals surface area contributed by atoms with E-state index in [9.17, 15) is 4.79 Å². The highest BCUT2D eigenvalue weighted by molar-refractivity contribution is 6.04. The van der Waals surface area contributed by atoms with Crippen molar-refractivity contribution < 1.29 is 4.79 Å². The maximum atomic E-state index is 12.3. The highest BCUT2D eigenvalue weighted by Gasteiger charge is 2.17. The van der Waals surface area contributed by atoms with Gasteiger partial charge in [0, 0.05) is 35.9 Å². The van der Waals surface area contributed by atoms with Crippen molar-refractivity contribution >= 4 is 5.78 Å². The van der Waals surface area contributed by atoms with Crippen LogP contribution in [0, 0.1) is 0 Å². The standard InChI is InChI=1S/C17H17NO/c1-3-8-15-17(16(19)9-4-2)14(12-18-15)13-10-6-5-7-11-13/h3-7,10-12,18H,1-2,8-9H2. The molecule has 0 unspecified atom stereocenters. The summed E-state index contributed by atoms with van der Waals surface area (Å²) in [7, 11) is 0. The van der Waals surface area contributed by atoms with Crippen molar-refractivity contribution in [2.24, 2.45) is 0 Å². The van der Waals surface area contributed by atoms with E-state index in [2.05, 4.69) is 18.1 Å². The molecule has 0 spiro atoms. The van der Waals surface area contributed by atoms with Gasteiger partial charge in [-0.3, -0.25) is 4.79 Å². The van der Waals surface area contributed by atoms with Gasteiger partial charge in [-0.05, 0) is 5.56 Å². The number of hydrogen-bond acceptors (Lipinski definition) is 1. The van der Waals surface area contributed by atoms with Crippen molar-refractivity contribution in [3.8, 4) is 11.1 Å². The Morgan fingerprint density at radius 3 is 2.53 bits per heavy atom. The second kappa shape index (κ2) is 6.01. The first-order valence-corrected chi connectivity index (χ1v) is 6.28. The first kappa shape index (κ1) is 13.1. The molecule has 0 saturated carbocycles. The van der Waals surface area contributed by atoms with Crippen LogP contribution in [0.3, 0.4) is 0 Å². The van der Waals surface area contributed by atoms with E-state index in [0.29, 0.717) is 12.8 Å². The Morgan fingerprint density at radius 1 is 1.16 bits per heavy atom. The van der Waals surface area contributed by atoms with Gasteiger partial charge in [0.05, 0.1) is 0 Å². The molecule has 0 aliphatic heterocycles. The molecule has 2 nitrogen and oxygen atoms in total. The van der Waals surface area contributed by atoms with E-state index in [1.165, 1.54) is 0 Å². The third-order valence-corrected chi connectivity index (χ3v) is 3.00. The van der Waals surface area contributed by atoms with Gasteiger partial charge in [0.2, 0.25) is 0 Å². The zero-order valence-corrected chi connectivity index (χ0v) is 10.9. The maximum absolute atomic E-state index is 12.3. The molecule has 19 heavy (non-hydrogen) atoms. The molecule has 0 saturated heterocycles. The van der Waals surface area contributed by atoms with Gasteiger partial charge in [-0.2, -0.15) is 0 Å². The molecule has 1 aromatic heterocycles. The monoisotopic (exact) mass is 251 g/mol. The van der Waals surface area contributed by atoms with Crippen molar-refractivity contribution in [1.29, 1.82) is 0 Å². The maximum Gasteiger partial charge on any atom is 0.169 e. The third-order valence-electron chi connectivity index (χ3n) is 3.00. The van der Waals surface area contributed by atoms with Gasteiger partial charge in [-0.15, -0.1) is 13.2 Å². The molecule has 1 N–H and O–H groups in total. The molecular weight excluding hydrogens is 234 g/mol. The summed E-state index contributed by atoms with van der Waals surface area (Å²) in [5.74, 6) is 0.0898. The molecule has 1 aromatic carbocycles. The molecule has 0 fully saturated rings. The van der Waals surface area contributed by atoms with Gasteiger partial charge in [-0.25, -0.2) is 0 Å². The number of aromatic amines is 1. The summed E-state index contributed by atoms with van der Waals surface area (Å²) in [5.41, 5.74) is 3.66. The minimum absolute atomic E-state index is 0.0898. The van der Waals surface area contributed by atoms with E-state index in [1.54, 1.807) is 12.2 Å². The second-order valence-electron chi connectivity index (χ2n) is 4.33. The Labute approximate surface area is 113 Å². The largest absolute Gasteiger partial charge is 0.364 e. The quantitative estimate of drug-likeness (QED) is 0.606. The number of hydrogen-bond donors (Lipinski definition) is 1. The SMILES string of the molecule is C=CCC(=O)c1c(-c2ccccc2)c[nH]c1CC=C. The van der Waals surface area contributed by atoms with Crippen molar-refractivity contribution in [1.82, 2.24) is 4.98 Å². The third kappa shape index (κ3) is 2.74. The van der Waals surface area contributed by atoms with Crippen LogP contribution in [-0.4, -0.2) is 10.8 Å². The van der Waals surface area contributed by atoms with Gasteiger partial charge in [0.25, 0.3) is 0 Å². The summed E-state index contributed by atoms with van der Waals surface area (Å²) in [4.78, 5) is 15.5. The van der Waals surface area contributed by atoms with Gasteiger partial charge >= 0.3 is 0 Å². The number of nitrogens with one attached hydrogen (secondary N) is 1. The number of ketones is 1. The first-order chi connectivity index (χ1) is 9.27. The number of benzene rings is 1. The summed E-state index contributed by atoms with van der Waals surface area (Å²) in [6.45, 7) is 7.37. The van der Waals surface area contributed by atoms with Crippen LogP contribution >= 0.6 is 0 Å². The second-order valence-corrected chi connectivity index (χ2v) is 4.33. The van der Waals surface area contributed by atoms with Gasteiger partial charge in [0.15, 0.2) is 5.78 Å². The lowest BCUT2D eigenvalue weighted by molar-refractivity contribution is 0.0996. The van der Waals surface area contributed by atoms with Crippen LogP contribution in [0.4, 0.5) is 0 Å². The highest BCUT2D eigenvalue weighted by atomic mass is 16.1. The van der Waals surface area contributed by atoms with Crippen LogP contribution in [0.5, 0.6) is 0 Å². The van der Waals surface area contributed by atoms with Crippen molar-refractivity contribution in [2.75, 3.05) is 0 Å². The molecule has 0 aliphatic carbocycles. The Balaban J connectivity index is 2.52. The van der Waals surface area contributed by atoms with Crippen LogP contribution in [0.2, 0.25) is 0 Å². The zero-order valence-electron chi connectivity index (χ0n) is 10.9. The molecule has 2 heteroatoms. The van der Waals surface area contributed by atoms with E-state index in [-0.39, 0.29) is 5.78 Å². The van der Waals surface area contributed by atoms with Crippen LogP contribution in [-0.2, 0) is 6.42 Å². The average molecular weight is 251 g/mol. The molecule has 2 rings (SSSR count). The normalized spacial score (nSPS) is 10.1. The van der Waals surface area contributed by atoms with Crippen LogP contribution in [0.25, 0.3) is 11.1 Å². The van der Waals surface area contributed by atoms with Crippen molar-refractivity contribution in [2.45, 2.75) is 12.8 Å². The van der Waals surface area contributed by atoms with E-state index in [1.807, 2.05) is 36.5 Å². The van der Waals surface area contributed by atoms with E-state index >= 15 is 0 Å². The highest BCUT2D eigenvalue weighted by Crippen LogP contribution is 2.28. The lowest BCUT2D eigenvalue weighted by atomic mass is 9.97. The zero-order chi connectivity index (χ0) is 13.7. The van der Waals surface area contributed by atoms with E-state index in [4.69, 9.17) is 0 Å². The predicted molar refractivity (Wildman–Crippen MR) is 79.3 cm³/mol. The minimum Gasteiger partial charge on any atom is -0.364 e. The molecule has 2 aromatic rings. The summed E-state index contributed by atoms with van der Waals surface area (Å²) >= 11 is 0. The summed E-state index contributed by atoms with van der Waals surface area (Å²) in [6.07, 6.45) is 6.34. The first-order valence-electron chi connectivity index (χ1n) is 6.28. The lowest BCUT2D eigenvalue weighted by Gasteiger charge is -2.05. The number of carbonyl (C=O) groups is 1. The van der Waals surface area contributed by atoms with Crippen LogP contribution in [0.1, 0.15) is 22.5 Å². The molecule has 0 radical (unpaired) electrons. The Kier molecular flexibility index (Phi) is 4.14. The topological polar surface area (TPSA) is 32.9 Å². The van der Waals surface area contributed by atoms with Crippen molar-refractivity contribution in [3.05, 3.63) is 73.1 Å². The molecule has 0 amide bonds. The molecule has 0 bridgehead atoms. The number of Topliss-reactive ketones (excluding diaryl/α,β-unsaturated/α-hetero) is 1. The Hall–Kier alpha value is -2.35. The van der Waals surface area contributed by atoms with Crippen LogP contribution < -0.4 is 0 Å². The fourth-order valence-corrected chi connectivity index (χ4v) is 2.17. The minimum atomic E-state index is 0.0898. The fourth-order valence-electron chi connectivity index (χ4n) is 2.17. The molecule has 1 heterocycles. The molecule has 96 valence electrons. The number of aromatic nitrogens is 1. The number of allylic oxidation sites excluding steroid dienone is 2. The fraction of sp³-hybridized carbons (Fsp3) is 0.118. The summed E-state index contributed by atoms with van der Waals surface area (Å²) in [6, 6.07) is 9.91. The van der Waals surface area contributed by atoms with Gasteiger partial charge in [-0.1, -0.05) is 42.5 Å². The molecule has 0 aliphatic rings. The average Bonchev–Trinajstić information content (AvgIpc) is 2.84. The van der Waals surface area contributed by atoms with E-state index < -0.39 is 0 Å². The van der Waals surface area contributed by atoms with Gasteiger partial charge in [0.1, 0.15) is 0 Å². The number of H-pyrrole nitrogens is 1. The Bertz CT molecular complexity index is 593. The van der Waals surface area contributed by atoms with Gasteiger partial charge < -0.3 is 4.98 Å². The smallest absolute Gasteiger partial charge is 0.169 e. The van der Waals surface area contributed by atoms with Crippen molar-refractivity contribution in [3.63, 3.8) is 0 Å².